The average molecular weight is 251 g/mol. The molecule has 3 nitrogen and oxygen atoms in total. The van der Waals surface area contributed by atoms with E-state index in [1.165, 1.54) is 0 Å². The van der Waals surface area contributed by atoms with Gasteiger partial charge in [-0.2, -0.15) is 0 Å². The van der Waals surface area contributed by atoms with Gasteiger partial charge in [0.15, 0.2) is 0 Å². The molecule has 0 aliphatic carbocycles. The molecule has 0 spiro atoms. The summed E-state index contributed by atoms with van der Waals surface area (Å²) in [6.45, 7) is 8.71. The van der Waals surface area contributed by atoms with E-state index >= 15 is 0 Å². The van der Waals surface area contributed by atoms with E-state index in [0.29, 0.717) is 12.5 Å². The van der Waals surface area contributed by atoms with Crippen molar-refractivity contribution in [2.75, 3.05) is 31.7 Å². The Labute approximate surface area is 110 Å². The first kappa shape index (κ1) is 15.0. The van der Waals surface area contributed by atoms with Crippen molar-refractivity contribution >= 4 is 5.69 Å². The zero-order chi connectivity index (χ0) is 13.5. The zero-order valence-electron chi connectivity index (χ0n) is 11.9. The fourth-order valence-electron chi connectivity index (χ4n) is 2.08. The molecule has 0 saturated heterocycles. The third kappa shape index (κ3) is 4.31. The van der Waals surface area contributed by atoms with Gasteiger partial charge < -0.3 is 14.7 Å². The number of para-hydroxylation sites is 1. The summed E-state index contributed by atoms with van der Waals surface area (Å²) in [4.78, 5) is 2.29. The maximum absolute atomic E-state index is 9.86. The highest BCUT2D eigenvalue weighted by Crippen LogP contribution is 2.26. The van der Waals surface area contributed by atoms with Crippen LogP contribution in [0, 0.1) is 5.92 Å². The van der Waals surface area contributed by atoms with Crippen molar-refractivity contribution in [3.05, 3.63) is 29.8 Å². The quantitative estimate of drug-likeness (QED) is 0.809. The van der Waals surface area contributed by atoms with Crippen molar-refractivity contribution in [1.29, 1.82) is 0 Å². The molecule has 0 unspecified atom stereocenters. The molecule has 18 heavy (non-hydrogen) atoms. The van der Waals surface area contributed by atoms with E-state index in [2.05, 4.69) is 24.8 Å². The SMILES string of the molecule is COCCN(CC(C)C)c1ccccc1[C@@H](C)O. The molecular weight excluding hydrogens is 226 g/mol. The highest BCUT2D eigenvalue weighted by atomic mass is 16.5. The van der Waals surface area contributed by atoms with Crippen LogP contribution in [0.5, 0.6) is 0 Å². The monoisotopic (exact) mass is 251 g/mol. The van der Waals surface area contributed by atoms with E-state index in [-0.39, 0.29) is 0 Å². The van der Waals surface area contributed by atoms with Gasteiger partial charge in [0.25, 0.3) is 0 Å². The number of rotatable bonds is 7. The van der Waals surface area contributed by atoms with E-state index < -0.39 is 6.10 Å². The van der Waals surface area contributed by atoms with Crippen LogP contribution in [0.2, 0.25) is 0 Å². The molecule has 1 atom stereocenters. The molecule has 0 radical (unpaired) electrons. The average Bonchev–Trinajstić information content (AvgIpc) is 2.34. The smallest absolute Gasteiger partial charge is 0.0781 e. The van der Waals surface area contributed by atoms with Gasteiger partial charge in [0.1, 0.15) is 0 Å². The molecule has 0 heterocycles. The van der Waals surface area contributed by atoms with Crippen LogP contribution in [0.4, 0.5) is 5.69 Å². The summed E-state index contributed by atoms with van der Waals surface area (Å²) in [5, 5.41) is 9.86. The van der Waals surface area contributed by atoms with Gasteiger partial charge in [-0.1, -0.05) is 32.0 Å². The summed E-state index contributed by atoms with van der Waals surface area (Å²) < 4.78 is 5.17. The first-order valence-corrected chi connectivity index (χ1v) is 6.57. The lowest BCUT2D eigenvalue weighted by Gasteiger charge is -2.29. The predicted molar refractivity (Wildman–Crippen MR) is 76.0 cm³/mol. The van der Waals surface area contributed by atoms with Crippen molar-refractivity contribution < 1.29 is 9.84 Å². The molecule has 1 aromatic carbocycles. The number of nitrogens with zero attached hydrogens (tertiary/aromatic N) is 1. The number of hydrogen-bond donors (Lipinski definition) is 1. The Morgan fingerprint density at radius 2 is 1.89 bits per heavy atom. The van der Waals surface area contributed by atoms with E-state index in [1.54, 1.807) is 7.11 Å². The summed E-state index contributed by atoms with van der Waals surface area (Å²) in [5.41, 5.74) is 2.09. The maximum atomic E-state index is 9.86. The number of anilines is 1. The molecule has 102 valence electrons. The van der Waals surface area contributed by atoms with Gasteiger partial charge >= 0.3 is 0 Å². The largest absolute Gasteiger partial charge is 0.389 e. The number of ether oxygens (including phenoxy) is 1. The second-order valence-corrected chi connectivity index (χ2v) is 5.07. The second-order valence-electron chi connectivity index (χ2n) is 5.07. The summed E-state index contributed by atoms with van der Waals surface area (Å²) in [6.07, 6.45) is -0.446. The van der Waals surface area contributed by atoms with Crippen molar-refractivity contribution in [1.82, 2.24) is 0 Å². The summed E-state index contributed by atoms with van der Waals surface area (Å²) in [5.74, 6) is 0.573. The standard InChI is InChI=1S/C15H25NO2/c1-12(2)11-16(9-10-18-4)15-8-6-5-7-14(15)13(3)17/h5-8,12-13,17H,9-11H2,1-4H3/t13-/m1/s1. The van der Waals surface area contributed by atoms with Gasteiger partial charge in [-0.25, -0.2) is 0 Å². The lowest BCUT2D eigenvalue weighted by atomic mass is 10.1. The van der Waals surface area contributed by atoms with E-state index in [1.807, 2.05) is 25.1 Å². The second kappa shape index (κ2) is 7.39. The minimum atomic E-state index is -0.446. The maximum Gasteiger partial charge on any atom is 0.0781 e. The molecule has 0 bridgehead atoms. The van der Waals surface area contributed by atoms with Crippen molar-refractivity contribution in [2.45, 2.75) is 26.9 Å². The van der Waals surface area contributed by atoms with Gasteiger partial charge in [0.2, 0.25) is 0 Å². The van der Waals surface area contributed by atoms with Crippen LogP contribution in [0.15, 0.2) is 24.3 Å². The van der Waals surface area contributed by atoms with Gasteiger partial charge in [0.05, 0.1) is 12.7 Å². The third-order valence-corrected chi connectivity index (χ3v) is 2.88. The Hall–Kier alpha value is -1.06. The number of benzene rings is 1. The number of aliphatic hydroxyl groups excluding tert-OH is 1. The molecule has 1 aromatic rings. The molecule has 0 aromatic heterocycles. The van der Waals surface area contributed by atoms with E-state index in [0.717, 1.165) is 24.3 Å². The summed E-state index contributed by atoms with van der Waals surface area (Å²) in [7, 11) is 1.72. The first-order valence-electron chi connectivity index (χ1n) is 6.57. The van der Waals surface area contributed by atoms with Crippen LogP contribution in [0.1, 0.15) is 32.4 Å². The van der Waals surface area contributed by atoms with Crippen molar-refractivity contribution in [3.8, 4) is 0 Å². The highest BCUT2D eigenvalue weighted by Gasteiger charge is 2.14. The Bertz CT molecular complexity index is 350. The molecule has 1 rings (SSSR count). The molecule has 0 aliphatic rings. The zero-order valence-corrected chi connectivity index (χ0v) is 11.9. The highest BCUT2D eigenvalue weighted by molar-refractivity contribution is 5.54. The number of hydrogen-bond acceptors (Lipinski definition) is 3. The Balaban J connectivity index is 2.95. The summed E-state index contributed by atoms with van der Waals surface area (Å²) in [6, 6.07) is 8.04. The van der Waals surface area contributed by atoms with E-state index in [4.69, 9.17) is 4.74 Å². The fraction of sp³-hybridized carbons (Fsp3) is 0.600. The van der Waals surface area contributed by atoms with Crippen LogP contribution in [0.3, 0.4) is 0 Å². The number of methoxy groups -OCH3 is 1. The lowest BCUT2D eigenvalue weighted by molar-refractivity contribution is 0.197. The van der Waals surface area contributed by atoms with Gasteiger partial charge in [-0.3, -0.25) is 0 Å². The minimum Gasteiger partial charge on any atom is -0.389 e. The van der Waals surface area contributed by atoms with Crippen LogP contribution in [0.25, 0.3) is 0 Å². The molecule has 3 heteroatoms. The molecular formula is C15H25NO2. The molecule has 0 fully saturated rings. The molecule has 0 saturated carbocycles. The first-order chi connectivity index (χ1) is 8.56. The minimum absolute atomic E-state index is 0.446. The van der Waals surface area contributed by atoms with Crippen LogP contribution >= 0.6 is 0 Å². The Kier molecular flexibility index (Phi) is 6.16. The third-order valence-electron chi connectivity index (χ3n) is 2.88. The van der Waals surface area contributed by atoms with Crippen molar-refractivity contribution in [2.24, 2.45) is 5.92 Å². The van der Waals surface area contributed by atoms with E-state index in [9.17, 15) is 5.11 Å². The predicted octanol–water partition coefficient (Wildman–Crippen LogP) is 2.85. The topological polar surface area (TPSA) is 32.7 Å². The number of aliphatic hydroxyl groups is 1. The van der Waals surface area contributed by atoms with Gasteiger partial charge in [-0.05, 0) is 18.9 Å². The molecule has 1 N–H and O–H groups in total. The van der Waals surface area contributed by atoms with Gasteiger partial charge in [-0.15, -0.1) is 0 Å². The summed E-state index contributed by atoms with van der Waals surface area (Å²) >= 11 is 0. The van der Waals surface area contributed by atoms with Crippen LogP contribution in [-0.2, 0) is 4.74 Å². The lowest BCUT2D eigenvalue weighted by Crippen LogP contribution is -2.31. The van der Waals surface area contributed by atoms with Crippen LogP contribution < -0.4 is 4.90 Å². The Morgan fingerprint density at radius 3 is 2.44 bits per heavy atom. The fourth-order valence-corrected chi connectivity index (χ4v) is 2.08. The normalized spacial score (nSPS) is 12.8. The van der Waals surface area contributed by atoms with Crippen LogP contribution in [-0.4, -0.2) is 31.9 Å². The van der Waals surface area contributed by atoms with Gasteiger partial charge in [0, 0.05) is 31.5 Å². The molecule has 0 aliphatic heterocycles. The molecule has 0 amide bonds. The Morgan fingerprint density at radius 1 is 1.22 bits per heavy atom. The van der Waals surface area contributed by atoms with Crippen molar-refractivity contribution in [3.63, 3.8) is 0 Å².